The summed E-state index contributed by atoms with van der Waals surface area (Å²) in [5.74, 6) is 1.34. The number of benzene rings is 2. The van der Waals surface area contributed by atoms with E-state index in [-0.39, 0.29) is 11.9 Å². The lowest BCUT2D eigenvalue weighted by Crippen LogP contribution is -2.24. The van der Waals surface area contributed by atoms with Gasteiger partial charge >= 0.3 is 5.97 Å². The normalized spacial score (nSPS) is 16.0. The number of aromatic amines is 1. The number of carbonyl (C=O) groups excluding carboxylic acids is 1. The molecule has 1 aliphatic carbocycles. The molecule has 0 fully saturated rings. The molecule has 0 saturated heterocycles. The quantitative estimate of drug-likeness (QED) is 0.546. The highest BCUT2D eigenvalue weighted by Gasteiger charge is 2.28. The second-order valence-corrected chi connectivity index (χ2v) is 8.35. The van der Waals surface area contributed by atoms with Crippen LogP contribution in [0.2, 0.25) is 0 Å². The van der Waals surface area contributed by atoms with Crippen LogP contribution in [0.5, 0.6) is 5.75 Å². The summed E-state index contributed by atoms with van der Waals surface area (Å²) in [6, 6.07) is 16.1. The van der Waals surface area contributed by atoms with Crippen LogP contribution in [-0.4, -0.2) is 17.6 Å². The number of H-pyrrole nitrogens is 1. The number of hydrogen-bond acceptors (Lipinski definition) is 3. The minimum Gasteiger partial charge on any atom is -0.494 e. The first-order valence-corrected chi connectivity index (χ1v) is 10.6. The van der Waals surface area contributed by atoms with Gasteiger partial charge in [0.1, 0.15) is 12.4 Å². The molecule has 0 amide bonds. The van der Waals surface area contributed by atoms with Crippen LogP contribution in [0.4, 0.5) is 0 Å². The molecule has 0 saturated carbocycles. The van der Waals surface area contributed by atoms with Crippen LogP contribution in [0.25, 0.3) is 10.9 Å². The lowest BCUT2D eigenvalue weighted by atomic mass is 9.86. The Labute approximate surface area is 172 Å². The molecule has 0 spiro atoms. The Balaban J connectivity index is 1.45. The van der Waals surface area contributed by atoms with Crippen molar-refractivity contribution in [3.8, 4) is 5.75 Å². The summed E-state index contributed by atoms with van der Waals surface area (Å²) in [5, 5.41) is 1.17. The molecule has 1 unspecified atom stereocenters. The van der Waals surface area contributed by atoms with Crippen molar-refractivity contribution in [1.29, 1.82) is 0 Å². The van der Waals surface area contributed by atoms with Gasteiger partial charge in [-0.15, -0.1) is 0 Å². The van der Waals surface area contributed by atoms with E-state index in [9.17, 15) is 4.79 Å². The number of aryl methyl sites for hydroxylation is 1. The van der Waals surface area contributed by atoms with Gasteiger partial charge in [0.2, 0.25) is 0 Å². The molecule has 0 aliphatic heterocycles. The minimum atomic E-state index is -0.0989. The molecule has 2 aromatic carbocycles. The van der Waals surface area contributed by atoms with E-state index >= 15 is 0 Å². The first-order valence-electron chi connectivity index (χ1n) is 10.6. The number of carbonyl (C=O) groups is 1. The van der Waals surface area contributed by atoms with Crippen LogP contribution in [0.15, 0.2) is 48.5 Å². The summed E-state index contributed by atoms with van der Waals surface area (Å²) in [5.41, 5.74) is 4.62. The Bertz CT molecular complexity index is 974. The fourth-order valence-electron chi connectivity index (χ4n) is 3.95. The first kappa shape index (κ1) is 19.6. The number of nitrogens with one attached hydrogen (secondary N) is 1. The van der Waals surface area contributed by atoms with Crippen molar-refractivity contribution in [2.24, 2.45) is 11.8 Å². The van der Waals surface area contributed by atoms with Crippen molar-refractivity contribution >= 4 is 16.9 Å². The summed E-state index contributed by atoms with van der Waals surface area (Å²) in [4.78, 5) is 16.2. The molecular formula is C25H29NO3. The van der Waals surface area contributed by atoms with Crippen molar-refractivity contribution in [3.63, 3.8) is 0 Å². The maximum Gasteiger partial charge on any atom is 0.309 e. The van der Waals surface area contributed by atoms with Gasteiger partial charge in [-0.1, -0.05) is 44.2 Å². The first-order chi connectivity index (χ1) is 14.1. The molecule has 4 rings (SSSR count). The topological polar surface area (TPSA) is 51.3 Å². The third-order valence-corrected chi connectivity index (χ3v) is 5.68. The highest BCUT2D eigenvalue weighted by Crippen LogP contribution is 2.34. The van der Waals surface area contributed by atoms with E-state index in [1.807, 2.05) is 36.4 Å². The van der Waals surface area contributed by atoms with Gasteiger partial charge in [-0.05, 0) is 60.9 Å². The maximum absolute atomic E-state index is 12.7. The lowest BCUT2D eigenvalue weighted by molar-refractivity contribution is -0.150. The number of fused-ring (bicyclic) bond motifs is 3. The zero-order valence-corrected chi connectivity index (χ0v) is 17.2. The third kappa shape index (κ3) is 4.64. The van der Waals surface area contributed by atoms with Gasteiger partial charge in [-0.2, -0.15) is 0 Å². The lowest BCUT2D eigenvalue weighted by Gasteiger charge is -2.21. The Morgan fingerprint density at radius 3 is 2.79 bits per heavy atom. The Morgan fingerprint density at radius 2 is 2.00 bits per heavy atom. The molecule has 1 aliphatic rings. The Kier molecular flexibility index (Phi) is 5.89. The number of rotatable bonds is 7. The highest BCUT2D eigenvalue weighted by molar-refractivity contribution is 5.87. The molecule has 152 valence electrons. The van der Waals surface area contributed by atoms with E-state index in [4.69, 9.17) is 9.47 Å². The Hall–Kier alpha value is -2.75. The van der Waals surface area contributed by atoms with E-state index in [1.54, 1.807) is 0 Å². The highest BCUT2D eigenvalue weighted by atomic mass is 16.5. The van der Waals surface area contributed by atoms with Gasteiger partial charge in [0.05, 0.1) is 12.5 Å². The largest absolute Gasteiger partial charge is 0.494 e. The van der Waals surface area contributed by atoms with Gasteiger partial charge in [-0.3, -0.25) is 4.79 Å². The molecule has 1 N–H and O–H groups in total. The number of hydrogen-bond donors (Lipinski definition) is 1. The van der Waals surface area contributed by atoms with Gasteiger partial charge in [0.15, 0.2) is 0 Å². The molecule has 1 atom stereocenters. The van der Waals surface area contributed by atoms with Crippen LogP contribution >= 0.6 is 0 Å². The molecule has 0 radical (unpaired) electrons. The van der Waals surface area contributed by atoms with Gasteiger partial charge in [-0.25, -0.2) is 0 Å². The van der Waals surface area contributed by atoms with Crippen LogP contribution < -0.4 is 4.74 Å². The van der Waals surface area contributed by atoms with E-state index in [1.165, 1.54) is 16.6 Å². The molecule has 3 aromatic rings. The number of esters is 1. The van der Waals surface area contributed by atoms with Crippen LogP contribution in [0.3, 0.4) is 0 Å². The summed E-state index contributed by atoms with van der Waals surface area (Å²) in [6.45, 7) is 5.47. The van der Waals surface area contributed by atoms with Crippen molar-refractivity contribution < 1.29 is 14.3 Å². The summed E-state index contributed by atoms with van der Waals surface area (Å²) in [6.07, 6.45) is 3.46. The predicted octanol–water partition coefficient (Wildman–Crippen LogP) is 5.44. The monoisotopic (exact) mass is 391 g/mol. The third-order valence-electron chi connectivity index (χ3n) is 5.68. The van der Waals surface area contributed by atoms with Crippen molar-refractivity contribution in [2.45, 2.75) is 46.1 Å². The second-order valence-electron chi connectivity index (χ2n) is 8.35. The fourth-order valence-corrected chi connectivity index (χ4v) is 3.95. The summed E-state index contributed by atoms with van der Waals surface area (Å²) < 4.78 is 11.5. The average molecular weight is 392 g/mol. The van der Waals surface area contributed by atoms with E-state index in [0.29, 0.717) is 12.5 Å². The predicted molar refractivity (Wildman–Crippen MR) is 115 cm³/mol. The zero-order valence-electron chi connectivity index (χ0n) is 17.2. The maximum atomic E-state index is 12.7. The van der Waals surface area contributed by atoms with Crippen molar-refractivity contribution in [1.82, 2.24) is 4.98 Å². The molecular weight excluding hydrogens is 362 g/mol. The van der Waals surface area contributed by atoms with E-state index in [2.05, 4.69) is 31.0 Å². The minimum absolute atomic E-state index is 0.0873. The molecule has 1 aromatic heterocycles. The van der Waals surface area contributed by atoms with Crippen molar-refractivity contribution in [3.05, 3.63) is 65.4 Å². The Morgan fingerprint density at radius 1 is 1.17 bits per heavy atom. The average Bonchev–Trinajstić information content (AvgIpc) is 3.10. The summed E-state index contributed by atoms with van der Waals surface area (Å²) >= 11 is 0. The molecule has 1 heterocycles. The van der Waals surface area contributed by atoms with Crippen LogP contribution in [0.1, 0.15) is 43.5 Å². The van der Waals surface area contributed by atoms with E-state index in [0.717, 1.165) is 49.1 Å². The van der Waals surface area contributed by atoms with Crippen LogP contribution in [0, 0.1) is 11.8 Å². The SMILES string of the molecule is CC(C)CCOc1ccc2[nH]c3c(c2c1)CC(C(=O)OCc1ccccc1)CC3. The van der Waals surface area contributed by atoms with Crippen molar-refractivity contribution in [2.75, 3.05) is 6.61 Å². The standard InChI is InChI=1S/C25H29NO3/c1-17(2)12-13-28-20-9-11-24-22(15-20)21-14-19(8-10-23(21)26-24)25(27)29-16-18-6-4-3-5-7-18/h3-7,9,11,15,17,19,26H,8,10,12-14,16H2,1-2H3. The molecule has 29 heavy (non-hydrogen) atoms. The summed E-state index contributed by atoms with van der Waals surface area (Å²) in [7, 11) is 0. The van der Waals surface area contributed by atoms with Gasteiger partial charge in [0.25, 0.3) is 0 Å². The fraction of sp³-hybridized carbons (Fsp3) is 0.400. The second kappa shape index (κ2) is 8.73. The van der Waals surface area contributed by atoms with Gasteiger partial charge in [0, 0.05) is 16.6 Å². The van der Waals surface area contributed by atoms with Gasteiger partial charge < -0.3 is 14.5 Å². The van der Waals surface area contributed by atoms with Crippen LogP contribution in [-0.2, 0) is 29.0 Å². The molecule has 4 heteroatoms. The molecule has 0 bridgehead atoms. The molecule has 4 nitrogen and oxygen atoms in total. The van der Waals surface area contributed by atoms with E-state index < -0.39 is 0 Å². The number of aromatic nitrogens is 1. The zero-order chi connectivity index (χ0) is 20.2. The smallest absolute Gasteiger partial charge is 0.309 e. The number of ether oxygens (including phenoxy) is 2.